The first-order valence-electron chi connectivity index (χ1n) is 8.30. The third-order valence-electron chi connectivity index (χ3n) is 5.15. The summed E-state index contributed by atoms with van der Waals surface area (Å²) in [6.45, 7) is 8.60. The quantitative estimate of drug-likeness (QED) is 0.787. The van der Waals surface area contributed by atoms with Gasteiger partial charge in [0.1, 0.15) is 5.54 Å². The fourth-order valence-corrected chi connectivity index (χ4v) is 4.19. The summed E-state index contributed by atoms with van der Waals surface area (Å²) in [6, 6.07) is 1.04. The van der Waals surface area contributed by atoms with E-state index >= 15 is 0 Å². The molecule has 1 saturated heterocycles. The van der Waals surface area contributed by atoms with Gasteiger partial charge < -0.3 is 15.0 Å². The maximum absolute atomic E-state index is 12.2. The summed E-state index contributed by atoms with van der Waals surface area (Å²) >= 11 is 0. The van der Waals surface area contributed by atoms with Crippen LogP contribution in [-0.2, 0) is 9.53 Å². The van der Waals surface area contributed by atoms with E-state index in [0.29, 0.717) is 12.1 Å². The molecule has 122 valence electrons. The molecular weight excluding hydrogens is 266 g/mol. The number of nitrogens with one attached hydrogen (secondary N) is 1. The molecule has 1 saturated carbocycles. The topological polar surface area (TPSA) is 44.8 Å². The Bertz CT molecular complexity index is 363. The average molecular weight is 297 g/mol. The monoisotopic (exact) mass is 297 g/mol. The number of ether oxygens (including phenoxy) is 1. The standard InChI is InChI=1S/C16H31N3O2/c1-5-17-16(15(20)21-4)8-7-14(11-16)19-10-6-9-18(3)12-13(19)2/h13-14,17H,5-12H2,1-4H3. The molecule has 5 heteroatoms. The van der Waals surface area contributed by atoms with Crippen LogP contribution in [0.2, 0.25) is 0 Å². The molecule has 3 atom stereocenters. The molecule has 1 N–H and O–H groups in total. The number of carbonyl (C=O) groups is 1. The van der Waals surface area contributed by atoms with Crippen molar-refractivity contribution in [3.8, 4) is 0 Å². The van der Waals surface area contributed by atoms with Crippen molar-refractivity contribution >= 4 is 5.97 Å². The van der Waals surface area contributed by atoms with Gasteiger partial charge in [-0.2, -0.15) is 0 Å². The molecule has 1 aliphatic heterocycles. The summed E-state index contributed by atoms with van der Waals surface area (Å²) in [5.74, 6) is -0.0913. The molecule has 0 aromatic heterocycles. The molecule has 3 unspecified atom stereocenters. The van der Waals surface area contributed by atoms with Crippen LogP contribution in [0, 0.1) is 0 Å². The third-order valence-corrected chi connectivity index (χ3v) is 5.15. The number of nitrogens with zero attached hydrogens (tertiary/aromatic N) is 2. The first kappa shape index (κ1) is 16.7. The molecule has 0 radical (unpaired) electrons. The Morgan fingerprint density at radius 1 is 1.43 bits per heavy atom. The molecule has 0 aromatic carbocycles. The van der Waals surface area contributed by atoms with Gasteiger partial charge in [-0.05, 0) is 59.3 Å². The smallest absolute Gasteiger partial charge is 0.326 e. The molecule has 0 bridgehead atoms. The second kappa shape index (κ2) is 7.07. The van der Waals surface area contributed by atoms with E-state index < -0.39 is 5.54 Å². The number of methoxy groups -OCH3 is 1. The molecule has 2 rings (SSSR count). The fraction of sp³-hybridized carbons (Fsp3) is 0.938. The van der Waals surface area contributed by atoms with Crippen molar-refractivity contribution in [1.29, 1.82) is 0 Å². The van der Waals surface area contributed by atoms with Crippen molar-refractivity contribution in [2.45, 2.75) is 57.2 Å². The minimum Gasteiger partial charge on any atom is -0.468 e. The van der Waals surface area contributed by atoms with Gasteiger partial charge in [0.25, 0.3) is 0 Å². The summed E-state index contributed by atoms with van der Waals surface area (Å²) in [5, 5.41) is 3.41. The van der Waals surface area contributed by atoms with E-state index in [1.54, 1.807) is 0 Å². The summed E-state index contributed by atoms with van der Waals surface area (Å²) in [5.41, 5.74) is -0.466. The largest absolute Gasteiger partial charge is 0.468 e. The second-order valence-corrected chi connectivity index (χ2v) is 6.70. The Morgan fingerprint density at radius 2 is 2.19 bits per heavy atom. The van der Waals surface area contributed by atoms with Crippen LogP contribution in [0.25, 0.3) is 0 Å². The van der Waals surface area contributed by atoms with Crippen LogP contribution in [0.3, 0.4) is 0 Å². The second-order valence-electron chi connectivity index (χ2n) is 6.70. The van der Waals surface area contributed by atoms with Crippen molar-refractivity contribution in [2.24, 2.45) is 0 Å². The van der Waals surface area contributed by atoms with Gasteiger partial charge in [0.05, 0.1) is 7.11 Å². The molecule has 2 aliphatic rings. The average Bonchev–Trinajstić information content (AvgIpc) is 2.80. The predicted molar refractivity (Wildman–Crippen MR) is 84.3 cm³/mol. The van der Waals surface area contributed by atoms with Crippen molar-refractivity contribution < 1.29 is 9.53 Å². The Morgan fingerprint density at radius 3 is 2.86 bits per heavy atom. The van der Waals surface area contributed by atoms with E-state index in [-0.39, 0.29) is 5.97 Å². The molecule has 21 heavy (non-hydrogen) atoms. The van der Waals surface area contributed by atoms with Crippen LogP contribution in [0.15, 0.2) is 0 Å². The van der Waals surface area contributed by atoms with Crippen LogP contribution in [-0.4, -0.2) is 73.7 Å². The van der Waals surface area contributed by atoms with E-state index in [0.717, 1.165) is 38.9 Å². The molecule has 2 fully saturated rings. The highest BCUT2D eigenvalue weighted by atomic mass is 16.5. The summed E-state index contributed by atoms with van der Waals surface area (Å²) < 4.78 is 5.07. The summed E-state index contributed by atoms with van der Waals surface area (Å²) in [7, 11) is 3.70. The summed E-state index contributed by atoms with van der Waals surface area (Å²) in [4.78, 5) is 17.3. The molecule has 0 spiro atoms. The van der Waals surface area contributed by atoms with Crippen LogP contribution >= 0.6 is 0 Å². The van der Waals surface area contributed by atoms with Crippen LogP contribution in [0.4, 0.5) is 0 Å². The number of hydrogen-bond donors (Lipinski definition) is 1. The number of carbonyl (C=O) groups excluding carboxylic acids is 1. The first-order valence-corrected chi connectivity index (χ1v) is 8.30. The minimum absolute atomic E-state index is 0.0913. The maximum Gasteiger partial charge on any atom is 0.326 e. The zero-order valence-corrected chi connectivity index (χ0v) is 14.0. The molecule has 5 nitrogen and oxygen atoms in total. The number of hydrogen-bond acceptors (Lipinski definition) is 5. The highest BCUT2D eigenvalue weighted by Gasteiger charge is 2.47. The first-order chi connectivity index (χ1) is 10.0. The maximum atomic E-state index is 12.2. The third kappa shape index (κ3) is 3.58. The molecule has 1 heterocycles. The molecular formula is C16H31N3O2. The van der Waals surface area contributed by atoms with Gasteiger partial charge in [-0.1, -0.05) is 6.92 Å². The van der Waals surface area contributed by atoms with Gasteiger partial charge in [-0.25, -0.2) is 0 Å². The fourth-order valence-electron chi connectivity index (χ4n) is 4.19. The molecule has 0 aromatic rings. The van der Waals surface area contributed by atoms with Crippen LogP contribution < -0.4 is 5.32 Å². The van der Waals surface area contributed by atoms with E-state index in [1.165, 1.54) is 20.1 Å². The zero-order valence-electron chi connectivity index (χ0n) is 14.0. The highest BCUT2D eigenvalue weighted by molar-refractivity contribution is 5.81. The van der Waals surface area contributed by atoms with E-state index in [1.807, 2.05) is 0 Å². The van der Waals surface area contributed by atoms with Gasteiger partial charge >= 0.3 is 5.97 Å². The van der Waals surface area contributed by atoms with Gasteiger partial charge in [0, 0.05) is 18.6 Å². The number of likely N-dealkylation sites (N-methyl/N-ethyl adjacent to an activating group) is 2. The number of rotatable bonds is 4. The van der Waals surface area contributed by atoms with E-state index in [9.17, 15) is 4.79 Å². The lowest BCUT2D eigenvalue weighted by molar-refractivity contribution is -0.148. The minimum atomic E-state index is -0.466. The Labute approximate surface area is 129 Å². The normalized spacial score (nSPS) is 35.6. The van der Waals surface area contributed by atoms with Crippen molar-refractivity contribution in [2.75, 3.05) is 40.3 Å². The van der Waals surface area contributed by atoms with E-state index in [2.05, 4.69) is 36.0 Å². The van der Waals surface area contributed by atoms with Gasteiger partial charge in [0.15, 0.2) is 0 Å². The Kier molecular flexibility index (Phi) is 5.63. The van der Waals surface area contributed by atoms with E-state index in [4.69, 9.17) is 4.74 Å². The number of esters is 1. The highest BCUT2D eigenvalue weighted by Crippen LogP contribution is 2.35. The Hall–Kier alpha value is -0.650. The van der Waals surface area contributed by atoms with Gasteiger partial charge in [-0.3, -0.25) is 9.69 Å². The van der Waals surface area contributed by atoms with Gasteiger partial charge in [-0.15, -0.1) is 0 Å². The molecule has 0 amide bonds. The van der Waals surface area contributed by atoms with Crippen LogP contribution in [0.5, 0.6) is 0 Å². The predicted octanol–water partition coefficient (Wildman–Crippen LogP) is 1.09. The lowest BCUT2D eigenvalue weighted by atomic mass is 9.97. The van der Waals surface area contributed by atoms with Crippen molar-refractivity contribution in [3.63, 3.8) is 0 Å². The molecule has 1 aliphatic carbocycles. The van der Waals surface area contributed by atoms with Gasteiger partial charge in [0.2, 0.25) is 0 Å². The Balaban J connectivity index is 2.07. The lowest BCUT2D eigenvalue weighted by Gasteiger charge is -2.35. The summed E-state index contributed by atoms with van der Waals surface area (Å²) in [6.07, 6.45) is 4.05. The SMILES string of the molecule is CCNC1(C(=O)OC)CCC(N2CCCN(C)CC2C)C1. The zero-order chi connectivity index (χ0) is 15.5. The van der Waals surface area contributed by atoms with Crippen molar-refractivity contribution in [1.82, 2.24) is 15.1 Å². The van der Waals surface area contributed by atoms with Crippen molar-refractivity contribution in [3.05, 3.63) is 0 Å². The van der Waals surface area contributed by atoms with Crippen LogP contribution in [0.1, 0.15) is 39.5 Å². The lowest BCUT2D eigenvalue weighted by Crippen LogP contribution is -2.52.